The number of anilines is 2. The largest absolute Gasteiger partial charge is 0.508 e. The SMILES string of the molecule is CCNc1cccnc1N1CCN(Cc2cc(OC)ccc2O)CC1. The molecular formula is C19H26N4O2. The molecule has 1 aliphatic rings. The minimum Gasteiger partial charge on any atom is -0.508 e. The molecule has 2 aromatic rings. The van der Waals surface area contributed by atoms with Gasteiger partial charge in [0, 0.05) is 51.0 Å². The summed E-state index contributed by atoms with van der Waals surface area (Å²) < 4.78 is 5.26. The lowest BCUT2D eigenvalue weighted by atomic mass is 10.1. The molecule has 0 spiro atoms. The fourth-order valence-electron chi connectivity index (χ4n) is 3.15. The number of hydrogen-bond acceptors (Lipinski definition) is 6. The van der Waals surface area contributed by atoms with Crippen molar-refractivity contribution in [2.75, 3.05) is 50.1 Å². The van der Waals surface area contributed by atoms with Gasteiger partial charge in [-0.3, -0.25) is 4.90 Å². The second kappa shape index (κ2) is 8.07. The first-order valence-electron chi connectivity index (χ1n) is 8.73. The van der Waals surface area contributed by atoms with E-state index in [1.54, 1.807) is 19.2 Å². The van der Waals surface area contributed by atoms with E-state index in [-0.39, 0.29) is 0 Å². The Kier molecular flexibility index (Phi) is 5.60. The van der Waals surface area contributed by atoms with Gasteiger partial charge in [0.2, 0.25) is 0 Å². The predicted molar refractivity (Wildman–Crippen MR) is 101 cm³/mol. The molecule has 0 aliphatic carbocycles. The van der Waals surface area contributed by atoms with Gasteiger partial charge in [-0.25, -0.2) is 4.98 Å². The minimum atomic E-state index is 0.322. The average Bonchev–Trinajstić information content (AvgIpc) is 2.65. The second-order valence-electron chi connectivity index (χ2n) is 6.16. The van der Waals surface area contributed by atoms with Crippen LogP contribution < -0.4 is 15.0 Å². The highest BCUT2D eigenvalue weighted by atomic mass is 16.5. The molecule has 2 heterocycles. The van der Waals surface area contributed by atoms with Crippen LogP contribution in [0.3, 0.4) is 0 Å². The van der Waals surface area contributed by atoms with Crippen LogP contribution in [0.25, 0.3) is 0 Å². The maximum atomic E-state index is 10.1. The Balaban J connectivity index is 1.63. The van der Waals surface area contributed by atoms with Gasteiger partial charge in [-0.2, -0.15) is 0 Å². The molecule has 1 fully saturated rings. The van der Waals surface area contributed by atoms with E-state index in [0.29, 0.717) is 5.75 Å². The van der Waals surface area contributed by atoms with Crippen molar-refractivity contribution in [2.45, 2.75) is 13.5 Å². The van der Waals surface area contributed by atoms with Gasteiger partial charge < -0.3 is 20.1 Å². The molecule has 6 nitrogen and oxygen atoms in total. The molecular weight excluding hydrogens is 316 g/mol. The normalized spacial score (nSPS) is 15.2. The first-order chi connectivity index (χ1) is 12.2. The zero-order valence-corrected chi connectivity index (χ0v) is 14.9. The number of ether oxygens (including phenoxy) is 1. The summed E-state index contributed by atoms with van der Waals surface area (Å²) in [7, 11) is 1.64. The summed E-state index contributed by atoms with van der Waals surface area (Å²) in [5, 5.41) is 13.5. The summed E-state index contributed by atoms with van der Waals surface area (Å²) in [6, 6.07) is 9.42. The Morgan fingerprint density at radius 2 is 2.00 bits per heavy atom. The summed E-state index contributed by atoms with van der Waals surface area (Å²) in [5.74, 6) is 2.12. The highest BCUT2D eigenvalue weighted by molar-refractivity contribution is 5.65. The Hall–Kier alpha value is -2.47. The number of phenolic OH excluding ortho intramolecular Hbond substituents is 1. The molecule has 1 aromatic carbocycles. The molecule has 25 heavy (non-hydrogen) atoms. The third-order valence-electron chi connectivity index (χ3n) is 4.51. The third-order valence-corrected chi connectivity index (χ3v) is 4.51. The van der Waals surface area contributed by atoms with E-state index in [4.69, 9.17) is 4.74 Å². The highest BCUT2D eigenvalue weighted by Gasteiger charge is 2.21. The summed E-state index contributed by atoms with van der Waals surface area (Å²) in [5.41, 5.74) is 1.99. The van der Waals surface area contributed by atoms with Crippen LogP contribution in [0.15, 0.2) is 36.5 Å². The molecule has 0 bridgehead atoms. The van der Waals surface area contributed by atoms with Gasteiger partial charge in [-0.1, -0.05) is 0 Å². The first kappa shape index (κ1) is 17.4. The van der Waals surface area contributed by atoms with Gasteiger partial charge in [0.15, 0.2) is 5.82 Å². The van der Waals surface area contributed by atoms with Crippen LogP contribution in [0, 0.1) is 0 Å². The van der Waals surface area contributed by atoms with E-state index < -0.39 is 0 Å². The Morgan fingerprint density at radius 1 is 1.20 bits per heavy atom. The number of rotatable bonds is 6. The summed E-state index contributed by atoms with van der Waals surface area (Å²) in [6.07, 6.45) is 1.84. The Labute approximate surface area is 149 Å². The zero-order valence-electron chi connectivity index (χ0n) is 14.9. The number of methoxy groups -OCH3 is 1. The lowest BCUT2D eigenvalue weighted by molar-refractivity contribution is 0.246. The molecule has 3 rings (SSSR count). The van der Waals surface area contributed by atoms with E-state index >= 15 is 0 Å². The summed E-state index contributed by atoms with van der Waals surface area (Å²) in [6.45, 7) is 7.39. The number of piperazine rings is 1. The maximum absolute atomic E-state index is 10.1. The van der Waals surface area contributed by atoms with Crippen LogP contribution in [0.2, 0.25) is 0 Å². The van der Waals surface area contributed by atoms with Gasteiger partial charge in [0.05, 0.1) is 12.8 Å². The monoisotopic (exact) mass is 342 g/mol. The van der Waals surface area contributed by atoms with Crippen LogP contribution in [0.5, 0.6) is 11.5 Å². The number of phenols is 1. The number of aromatic nitrogens is 1. The smallest absolute Gasteiger partial charge is 0.152 e. The summed E-state index contributed by atoms with van der Waals surface area (Å²) in [4.78, 5) is 9.22. The molecule has 0 unspecified atom stereocenters. The fourth-order valence-corrected chi connectivity index (χ4v) is 3.15. The Morgan fingerprint density at radius 3 is 2.72 bits per heavy atom. The number of benzene rings is 1. The van der Waals surface area contributed by atoms with Gasteiger partial charge in [-0.15, -0.1) is 0 Å². The van der Waals surface area contributed by atoms with Gasteiger partial charge in [0.25, 0.3) is 0 Å². The molecule has 1 aromatic heterocycles. The fraction of sp³-hybridized carbons (Fsp3) is 0.421. The second-order valence-corrected chi connectivity index (χ2v) is 6.16. The molecule has 1 aliphatic heterocycles. The van der Waals surface area contributed by atoms with Crippen LogP contribution in [-0.2, 0) is 6.54 Å². The van der Waals surface area contributed by atoms with Crippen molar-refractivity contribution in [2.24, 2.45) is 0 Å². The van der Waals surface area contributed by atoms with Crippen molar-refractivity contribution >= 4 is 11.5 Å². The molecule has 0 saturated carbocycles. The number of nitrogens with zero attached hydrogens (tertiary/aromatic N) is 3. The van der Waals surface area contributed by atoms with E-state index in [0.717, 1.165) is 62.1 Å². The molecule has 2 N–H and O–H groups in total. The van der Waals surface area contributed by atoms with Crippen molar-refractivity contribution in [3.8, 4) is 11.5 Å². The lowest BCUT2D eigenvalue weighted by Gasteiger charge is -2.36. The van der Waals surface area contributed by atoms with Crippen molar-refractivity contribution < 1.29 is 9.84 Å². The van der Waals surface area contributed by atoms with Gasteiger partial charge in [0.1, 0.15) is 11.5 Å². The molecule has 6 heteroatoms. The Bertz CT molecular complexity index is 700. The van der Waals surface area contributed by atoms with Gasteiger partial charge in [-0.05, 0) is 37.3 Å². The van der Waals surface area contributed by atoms with Crippen LogP contribution in [0.4, 0.5) is 11.5 Å². The molecule has 1 saturated heterocycles. The van der Waals surface area contributed by atoms with Crippen LogP contribution >= 0.6 is 0 Å². The van der Waals surface area contributed by atoms with Crippen molar-refractivity contribution in [3.63, 3.8) is 0 Å². The quantitative estimate of drug-likeness (QED) is 0.841. The van der Waals surface area contributed by atoms with E-state index in [2.05, 4.69) is 33.1 Å². The highest BCUT2D eigenvalue weighted by Crippen LogP contribution is 2.26. The number of aromatic hydroxyl groups is 1. The van der Waals surface area contributed by atoms with E-state index in [1.165, 1.54) is 0 Å². The molecule has 0 radical (unpaired) electrons. The molecule has 0 amide bonds. The number of hydrogen-bond donors (Lipinski definition) is 2. The zero-order chi connectivity index (χ0) is 17.6. The van der Waals surface area contributed by atoms with E-state index in [9.17, 15) is 5.11 Å². The van der Waals surface area contributed by atoms with Crippen molar-refractivity contribution in [3.05, 3.63) is 42.1 Å². The third kappa shape index (κ3) is 4.14. The van der Waals surface area contributed by atoms with Crippen LogP contribution in [0.1, 0.15) is 12.5 Å². The number of nitrogens with one attached hydrogen (secondary N) is 1. The molecule has 134 valence electrons. The van der Waals surface area contributed by atoms with Crippen molar-refractivity contribution in [1.82, 2.24) is 9.88 Å². The standard InChI is InChI=1S/C19H26N4O2/c1-3-20-17-5-4-8-21-19(17)23-11-9-22(10-12-23)14-15-13-16(25-2)6-7-18(15)24/h4-8,13,20,24H,3,9-12,14H2,1-2H3. The maximum Gasteiger partial charge on any atom is 0.152 e. The first-order valence-corrected chi connectivity index (χ1v) is 8.73. The van der Waals surface area contributed by atoms with Gasteiger partial charge >= 0.3 is 0 Å². The van der Waals surface area contributed by atoms with Crippen LogP contribution in [-0.4, -0.2) is 54.8 Å². The summed E-state index contributed by atoms with van der Waals surface area (Å²) >= 11 is 0. The van der Waals surface area contributed by atoms with Crippen molar-refractivity contribution in [1.29, 1.82) is 0 Å². The minimum absolute atomic E-state index is 0.322. The van der Waals surface area contributed by atoms with E-state index in [1.807, 2.05) is 18.3 Å². The lowest BCUT2D eigenvalue weighted by Crippen LogP contribution is -2.46. The number of pyridine rings is 1. The average molecular weight is 342 g/mol. The predicted octanol–water partition coefficient (Wildman–Crippen LogP) is 2.55. The molecule has 0 atom stereocenters. The topological polar surface area (TPSA) is 60.9 Å².